The first-order valence-electron chi connectivity index (χ1n) is 6.75. The van der Waals surface area contributed by atoms with Crippen molar-refractivity contribution < 1.29 is 4.74 Å². The van der Waals surface area contributed by atoms with E-state index in [0.29, 0.717) is 11.7 Å². The quantitative estimate of drug-likeness (QED) is 0.898. The summed E-state index contributed by atoms with van der Waals surface area (Å²) in [6.45, 7) is 4.23. The molecule has 0 bridgehead atoms. The van der Waals surface area contributed by atoms with Crippen molar-refractivity contribution in [1.82, 2.24) is 9.97 Å². The molecule has 2 rings (SSSR count). The van der Waals surface area contributed by atoms with Crippen LogP contribution in [0, 0.1) is 0 Å². The van der Waals surface area contributed by atoms with E-state index in [2.05, 4.69) is 34.8 Å². The molecule has 0 spiro atoms. The summed E-state index contributed by atoms with van der Waals surface area (Å²) in [5, 5.41) is 0. The van der Waals surface area contributed by atoms with Gasteiger partial charge in [-0.15, -0.1) is 0 Å². The average molecular weight is 287 g/mol. The van der Waals surface area contributed by atoms with Crippen molar-refractivity contribution in [3.8, 4) is 11.5 Å². The number of anilines is 3. The van der Waals surface area contributed by atoms with Crippen LogP contribution < -0.4 is 21.1 Å². The number of nitrogens with zero attached hydrogens (tertiary/aromatic N) is 3. The van der Waals surface area contributed by atoms with Gasteiger partial charge in [-0.05, 0) is 29.7 Å². The minimum Gasteiger partial charge on any atom is -0.452 e. The van der Waals surface area contributed by atoms with Gasteiger partial charge in [-0.1, -0.05) is 13.8 Å². The molecule has 1 aromatic carbocycles. The molecule has 1 heterocycles. The Morgan fingerprint density at radius 1 is 1.14 bits per heavy atom. The fourth-order valence-corrected chi connectivity index (χ4v) is 1.95. The molecular formula is C15H21N5O. The third kappa shape index (κ3) is 3.34. The number of nitrogen functional groups attached to an aromatic ring is 2. The Balaban J connectivity index is 2.39. The number of aromatic nitrogens is 2. The zero-order valence-corrected chi connectivity index (χ0v) is 12.8. The van der Waals surface area contributed by atoms with Crippen LogP contribution in [0.5, 0.6) is 11.5 Å². The van der Waals surface area contributed by atoms with Crippen LogP contribution in [0.15, 0.2) is 24.4 Å². The smallest absolute Gasteiger partial charge is 0.222 e. The highest BCUT2D eigenvalue weighted by Gasteiger charge is 2.13. The summed E-state index contributed by atoms with van der Waals surface area (Å²) < 4.78 is 5.87. The second-order valence-electron chi connectivity index (χ2n) is 5.35. The molecule has 0 saturated carbocycles. The average Bonchev–Trinajstić information content (AvgIpc) is 2.41. The molecule has 0 aliphatic carbocycles. The van der Waals surface area contributed by atoms with E-state index in [1.165, 1.54) is 6.20 Å². The summed E-state index contributed by atoms with van der Waals surface area (Å²) in [7, 11) is 4.01. The van der Waals surface area contributed by atoms with Gasteiger partial charge in [0.05, 0.1) is 6.20 Å². The summed E-state index contributed by atoms with van der Waals surface area (Å²) in [4.78, 5) is 9.86. The highest BCUT2D eigenvalue weighted by molar-refractivity contribution is 5.56. The van der Waals surface area contributed by atoms with E-state index in [9.17, 15) is 0 Å². The van der Waals surface area contributed by atoms with Gasteiger partial charge >= 0.3 is 0 Å². The fourth-order valence-electron chi connectivity index (χ4n) is 1.95. The van der Waals surface area contributed by atoms with E-state index >= 15 is 0 Å². The molecule has 0 aliphatic rings. The third-order valence-corrected chi connectivity index (χ3v) is 3.15. The van der Waals surface area contributed by atoms with Crippen molar-refractivity contribution >= 4 is 17.5 Å². The number of rotatable bonds is 4. The normalized spacial score (nSPS) is 10.7. The van der Waals surface area contributed by atoms with Crippen LogP contribution in [-0.2, 0) is 0 Å². The predicted octanol–water partition coefficient (Wildman–Crippen LogP) is 2.62. The summed E-state index contributed by atoms with van der Waals surface area (Å²) in [5.74, 6) is 1.83. The molecule has 4 N–H and O–H groups in total. The third-order valence-electron chi connectivity index (χ3n) is 3.15. The maximum Gasteiger partial charge on any atom is 0.222 e. The van der Waals surface area contributed by atoms with Crippen molar-refractivity contribution in [2.24, 2.45) is 0 Å². The van der Waals surface area contributed by atoms with Gasteiger partial charge in [-0.2, -0.15) is 4.98 Å². The molecule has 2 aromatic rings. The van der Waals surface area contributed by atoms with Crippen LogP contribution in [0.2, 0.25) is 0 Å². The lowest BCUT2D eigenvalue weighted by atomic mass is 10.0. The summed E-state index contributed by atoms with van der Waals surface area (Å²) >= 11 is 0. The standard InChI is InChI=1S/C15H21N5O/c1-9(2)11-7-10(20(3)4)5-6-12(11)21-13-8-18-15(17)19-14(13)16/h5-9H,1-4H3,(H4,16,17,18,19). The van der Waals surface area contributed by atoms with Gasteiger partial charge in [-0.25, -0.2) is 4.98 Å². The van der Waals surface area contributed by atoms with E-state index in [0.717, 1.165) is 17.0 Å². The highest BCUT2D eigenvalue weighted by atomic mass is 16.5. The molecular weight excluding hydrogens is 266 g/mol. The van der Waals surface area contributed by atoms with Gasteiger partial charge in [0.25, 0.3) is 0 Å². The number of hydrogen-bond donors (Lipinski definition) is 2. The molecule has 0 aliphatic heterocycles. The van der Waals surface area contributed by atoms with Crippen LogP contribution >= 0.6 is 0 Å². The Labute approximate surface area is 124 Å². The second-order valence-corrected chi connectivity index (χ2v) is 5.35. The topological polar surface area (TPSA) is 90.3 Å². The van der Waals surface area contributed by atoms with Crippen molar-refractivity contribution in [2.45, 2.75) is 19.8 Å². The Kier molecular flexibility index (Phi) is 4.16. The molecule has 112 valence electrons. The number of ether oxygens (including phenoxy) is 1. The van der Waals surface area contributed by atoms with Crippen molar-refractivity contribution in [3.05, 3.63) is 30.0 Å². The lowest BCUT2D eigenvalue weighted by Gasteiger charge is -2.19. The Morgan fingerprint density at radius 3 is 2.43 bits per heavy atom. The van der Waals surface area contributed by atoms with Crippen molar-refractivity contribution in [3.63, 3.8) is 0 Å². The first kappa shape index (κ1) is 14.9. The Morgan fingerprint density at radius 2 is 1.86 bits per heavy atom. The maximum absolute atomic E-state index is 5.87. The van der Waals surface area contributed by atoms with E-state index < -0.39 is 0 Å². The molecule has 0 unspecified atom stereocenters. The zero-order valence-electron chi connectivity index (χ0n) is 12.8. The number of nitrogens with two attached hydrogens (primary N) is 2. The van der Waals surface area contributed by atoms with Gasteiger partial charge in [0.2, 0.25) is 5.95 Å². The lowest BCUT2D eigenvalue weighted by molar-refractivity contribution is 0.471. The monoisotopic (exact) mass is 287 g/mol. The minimum absolute atomic E-state index is 0.131. The summed E-state index contributed by atoms with van der Waals surface area (Å²) in [5.41, 5.74) is 13.5. The van der Waals surface area contributed by atoms with Gasteiger partial charge in [-0.3, -0.25) is 0 Å². The van der Waals surface area contributed by atoms with E-state index in [1.807, 2.05) is 26.2 Å². The van der Waals surface area contributed by atoms with E-state index in [-0.39, 0.29) is 11.8 Å². The van der Waals surface area contributed by atoms with Crippen molar-refractivity contribution in [1.29, 1.82) is 0 Å². The molecule has 21 heavy (non-hydrogen) atoms. The van der Waals surface area contributed by atoms with E-state index in [1.54, 1.807) is 0 Å². The second kappa shape index (κ2) is 5.87. The first-order valence-corrected chi connectivity index (χ1v) is 6.75. The Hall–Kier alpha value is -2.50. The maximum atomic E-state index is 5.87. The van der Waals surface area contributed by atoms with Crippen LogP contribution in [0.25, 0.3) is 0 Å². The zero-order chi connectivity index (χ0) is 15.6. The van der Waals surface area contributed by atoms with Gasteiger partial charge in [0.1, 0.15) is 5.75 Å². The van der Waals surface area contributed by atoms with Crippen LogP contribution in [0.3, 0.4) is 0 Å². The highest BCUT2D eigenvalue weighted by Crippen LogP contribution is 2.34. The Bertz CT molecular complexity index is 640. The van der Waals surface area contributed by atoms with Crippen LogP contribution in [-0.4, -0.2) is 24.1 Å². The predicted molar refractivity (Wildman–Crippen MR) is 85.8 cm³/mol. The van der Waals surface area contributed by atoms with Gasteiger partial charge in [0, 0.05) is 19.8 Å². The van der Waals surface area contributed by atoms with Gasteiger partial charge < -0.3 is 21.1 Å². The minimum atomic E-state index is 0.131. The van der Waals surface area contributed by atoms with E-state index in [4.69, 9.17) is 16.2 Å². The SMILES string of the molecule is CC(C)c1cc(N(C)C)ccc1Oc1cnc(N)nc1N. The molecule has 0 radical (unpaired) electrons. The molecule has 0 atom stereocenters. The van der Waals surface area contributed by atoms with Gasteiger partial charge in [0.15, 0.2) is 11.6 Å². The molecule has 0 fully saturated rings. The largest absolute Gasteiger partial charge is 0.452 e. The lowest BCUT2D eigenvalue weighted by Crippen LogP contribution is -2.09. The molecule has 6 nitrogen and oxygen atoms in total. The first-order chi connectivity index (χ1) is 9.88. The summed E-state index contributed by atoms with van der Waals surface area (Å²) in [6, 6.07) is 6.03. The molecule has 6 heteroatoms. The van der Waals surface area contributed by atoms with Crippen molar-refractivity contribution in [2.75, 3.05) is 30.5 Å². The van der Waals surface area contributed by atoms with Crippen LogP contribution in [0.1, 0.15) is 25.3 Å². The fraction of sp³-hybridized carbons (Fsp3) is 0.333. The molecule has 0 amide bonds. The molecule has 0 saturated heterocycles. The number of benzene rings is 1. The van der Waals surface area contributed by atoms with Crippen LogP contribution in [0.4, 0.5) is 17.5 Å². The number of hydrogen-bond acceptors (Lipinski definition) is 6. The summed E-state index contributed by atoms with van der Waals surface area (Å²) in [6.07, 6.45) is 1.49. The molecule has 1 aromatic heterocycles.